The largest absolute Gasteiger partial charge is 0.468 e. The predicted octanol–water partition coefficient (Wildman–Crippen LogP) is 4.36. The van der Waals surface area contributed by atoms with Crippen molar-refractivity contribution in [1.82, 2.24) is 5.32 Å². The van der Waals surface area contributed by atoms with E-state index in [2.05, 4.69) is 18.5 Å². The van der Waals surface area contributed by atoms with Gasteiger partial charge in [-0.1, -0.05) is 55.1 Å². The van der Waals surface area contributed by atoms with Crippen LogP contribution in [0.1, 0.15) is 29.8 Å². The van der Waals surface area contributed by atoms with E-state index >= 15 is 0 Å². The molecule has 0 saturated carbocycles. The molecule has 0 amide bonds. The maximum atomic E-state index is 12.8. The summed E-state index contributed by atoms with van der Waals surface area (Å²) in [4.78, 5) is 12.8. The quantitative estimate of drug-likeness (QED) is 0.446. The van der Waals surface area contributed by atoms with Crippen molar-refractivity contribution < 1.29 is 9.53 Å². The van der Waals surface area contributed by atoms with Gasteiger partial charge in [0.25, 0.3) is 0 Å². The fraction of sp³-hybridized carbons (Fsp3) is 0.190. The van der Waals surface area contributed by atoms with E-state index in [1.54, 1.807) is 30.3 Å². The van der Waals surface area contributed by atoms with E-state index in [-0.39, 0.29) is 5.78 Å². The second-order valence-corrected chi connectivity index (χ2v) is 5.78. The number of para-hydroxylation sites is 1. The van der Waals surface area contributed by atoms with Gasteiger partial charge in [0.1, 0.15) is 5.75 Å². The first-order valence-electron chi connectivity index (χ1n) is 7.87. The SMILES string of the molecule is C=CCNC(C)(Oc1ccccc1C(=O)c1ccccc1)C(=C)C. The zero-order valence-corrected chi connectivity index (χ0v) is 14.2. The van der Waals surface area contributed by atoms with Crippen molar-refractivity contribution in [2.45, 2.75) is 19.6 Å². The van der Waals surface area contributed by atoms with E-state index in [9.17, 15) is 4.79 Å². The van der Waals surface area contributed by atoms with Crippen LogP contribution in [0.3, 0.4) is 0 Å². The van der Waals surface area contributed by atoms with Crippen LogP contribution >= 0.6 is 0 Å². The summed E-state index contributed by atoms with van der Waals surface area (Å²) in [6.07, 6.45) is 1.76. The highest BCUT2D eigenvalue weighted by Gasteiger charge is 2.28. The van der Waals surface area contributed by atoms with Crippen LogP contribution < -0.4 is 10.1 Å². The fourth-order valence-corrected chi connectivity index (χ4v) is 2.25. The van der Waals surface area contributed by atoms with E-state index in [0.717, 1.165) is 5.57 Å². The highest BCUT2D eigenvalue weighted by Crippen LogP contribution is 2.27. The Morgan fingerprint density at radius 1 is 1.17 bits per heavy atom. The molecule has 1 N–H and O–H groups in total. The molecule has 0 aliphatic carbocycles. The third-order valence-electron chi connectivity index (χ3n) is 3.88. The number of hydrogen-bond acceptors (Lipinski definition) is 3. The first-order chi connectivity index (χ1) is 11.5. The van der Waals surface area contributed by atoms with Crippen LogP contribution in [0.25, 0.3) is 0 Å². The number of ketones is 1. The molecule has 2 rings (SSSR count). The van der Waals surface area contributed by atoms with E-state index in [1.807, 2.05) is 44.2 Å². The Bertz CT molecular complexity index is 737. The van der Waals surface area contributed by atoms with Crippen LogP contribution in [0.15, 0.2) is 79.4 Å². The maximum Gasteiger partial charge on any atom is 0.196 e. The molecule has 124 valence electrons. The van der Waals surface area contributed by atoms with Gasteiger partial charge in [-0.3, -0.25) is 10.1 Å². The Morgan fingerprint density at radius 2 is 1.79 bits per heavy atom. The van der Waals surface area contributed by atoms with Gasteiger partial charge in [0.05, 0.1) is 5.56 Å². The van der Waals surface area contributed by atoms with Crippen LogP contribution in [-0.4, -0.2) is 18.1 Å². The Labute approximate surface area is 143 Å². The van der Waals surface area contributed by atoms with Crippen molar-refractivity contribution in [3.63, 3.8) is 0 Å². The highest BCUT2D eigenvalue weighted by atomic mass is 16.5. The van der Waals surface area contributed by atoms with Crippen molar-refractivity contribution in [3.8, 4) is 5.75 Å². The first kappa shape index (κ1) is 17.7. The molecule has 0 saturated heterocycles. The highest BCUT2D eigenvalue weighted by molar-refractivity contribution is 6.10. The van der Waals surface area contributed by atoms with E-state index in [1.165, 1.54) is 0 Å². The van der Waals surface area contributed by atoms with Crippen LogP contribution in [0.4, 0.5) is 0 Å². The first-order valence-corrected chi connectivity index (χ1v) is 7.87. The smallest absolute Gasteiger partial charge is 0.196 e. The molecule has 0 aliphatic heterocycles. The molecule has 0 bridgehead atoms. The van der Waals surface area contributed by atoms with Gasteiger partial charge < -0.3 is 4.74 Å². The summed E-state index contributed by atoms with van der Waals surface area (Å²) < 4.78 is 6.16. The van der Waals surface area contributed by atoms with Gasteiger partial charge in [-0.25, -0.2) is 0 Å². The molecule has 1 atom stereocenters. The molecule has 24 heavy (non-hydrogen) atoms. The minimum Gasteiger partial charge on any atom is -0.468 e. The van der Waals surface area contributed by atoms with Crippen molar-refractivity contribution in [2.75, 3.05) is 6.54 Å². The second-order valence-electron chi connectivity index (χ2n) is 5.78. The molecule has 0 aliphatic rings. The summed E-state index contributed by atoms with van der Waals surface area (Å²) in [5, 5.41) is 3.25. The Balaban J connectivity index is 2.36. The van der Waals surface area contributed by atoms with Crippen LogP contribution in [-0.2, 0) is 0 Å². The Kier molecular flexibility index (Phi) is 5.72. The lowest BCUT2D eigenvalue weighted by Gasteiger charge is -2.32. The van der Waals surface area contributed by atoms with Crippen LogP contribution in [0.5, 0.6) is 5.75 Å². The molecular formula is C21H23NO2. The molecule has 0 heterocycles. The molecule has 0 aromatic heterocycles. The van der Waals surface area contributed by atoms with Gasteiger partial charge in [0, 0.05) is 12.1 Å². The molecule has 2 aromatic carbocycles. The average Bonchev–Trinajstić information content (AvgIpc) is 2.60. The number of benzene rings is 2. The summed E-state index contributed by atoms with van der Waals surface area (Å²) in [6.45, 7) is 12.1. The van der Waals surface area contributed by atoms with Gasteiger partial charge in [-0.15, -0.1) is 6.58 Å². The predicted molar refractivity (Wildman–Crippen MR) is 98.4 cm³/mol. The number of carbonyl (C=O) groups is 1. The third kappa shape index (κ3) is 4.00. The number of carbonyl (C=O) groups excluding carboxylic acids is 1. The van der Waals surface area contributed by atoms with E-state index < -0.39 is 5.72 Å². The van der Waals surface area contributed by atoms with Gasteiger partial charge in [-0.05, 0) is 31.6 Å². The van der Waals surface area contributed by atoms with Gasteiger partial charge in [-0.2, -0.15) is 0 Å². The topological polar surface area (TPSA) is 38.3 Å². The minimum absolute atomic E-state index is 0.0704. The molecule has 1 unspecified atom stereocenters. The molecule has 3 nitrogen and oxygen atoms in total. The van der Waals surface area contributed by atoms with Crippen molar-refractivity contribution in [3.05, 3.63) is 90.5 Å². The van der Waals surface area contributed by atoms with E-state index in [4.69, 9.17) is 4.74 Å². The average molecular weight is 321 g/mol. The molecule has 2 aromatic rings. The van der Waals surface area contributed by atoms with Crippen LogP contribution in [0.2, 0.25) is 0 Å². The molecule has 3 heteroatoms. The standard InChI is InChI=1S/C21H23NO2/c1-5-15-22-21(4,16(2)3)24-19-14-10-9-13-18(19)20(23)17-11-7-6-8-12-17/h5-14,22H,1-2,15H2,3-4H3. The Morgan fingerprint density at radius 3 is 2.42 bits per heavy atom. The Hall–Kier alpha value is -2.65. The number of rotatable bonds is 8. The van der Waals surface area contributed by atoms with Crippen LogP contribution in [0, 0.1) is 0 Å². The summed E-state index contributed by atoms with van der Waals surface area (Å²) in [5.74, 6) is 0.451. The summed E-state index contributed by atoms with van der Waals surface area (Å²) >= 11 is 0. The van der Waals surface area contributed by atoms with Crippen molar-refractivity contribution in [1.29, 1.82) is 0 Å². The maximum absolute atomic E-state index is 12.8. The zero-order valence-electron chi connectivity index (χ0n) is 14.2. The fourth-order valence-electron chi connectivity index (χ4n) is 2.25. The minimum atomic E-state index is -0.790. The van der Waals surface area contributed by atoms with Crippen molar-refractivity contribution >= 4 is 5.78 Å². The molecular weight excluding hydrogens is 298 g/mol. The molecule has 0 spiro atoms. The zero-order chi connectivity index (χ0) is 17.6. The number of ether oxygens (including phenoxy) is 1. The van der Waals surface area contributed by atoms with Gasteiger partial charge >= 0.3 is 0 Å². The van der Waals surface area contributed by atoms with Gasteiger partial charge in [0.2, 0.25) is 0 Å². The lowest BCUT2D eigenvalue weighted by molar-refractivity contribution is 0.0894. The lowest BCUT2D eigenvalue weighted by Crippen LogP contribution is -2.48. The summed E-state index contributed by atoms with van der Waals surface area (Å²) in [6, 6.07) is 16.4. The summed E-state index contributed by atoms with van der Waals surface area (Å²) in [7, 11) is 0. The third-order valence-corrected chi connectivity index (χ3v) is 3.88. The number of nitrogens with one attached hydrogen (secondary N) is 1. The molecule has 0 fully saturated rings. The number of hydrogen-bond donors (Lipinski definition) is 1. The monoisotopic (exact) mass is 321 g/mol. The molecule has 0 radical (unpaired) electrons. The second kappa shape index (κ2) is 7.75. The van der Waals surface area contributed by atoms with Gasteiger partial charge in [0.15, 0.2) is 11.5 Å². The van der Waals surface area contributed by atoms with E-state index in [0.29, 0.717) is 23.4 Å². The van der Waals surface area contributed by atoms with Crippen molar-refractivity contribution in [2.24, 2.45) is 0 Å². The normalized spacial score (nSPS) is 12.9. The lowest BCUT2D eigenvalue weighted by atomic mass is 10.0. The summed E-state index contributed by atoms with van der Waals surface area (Å²) in [5.41, 5.74) is 1.17.